The van der Waals surface area contributed by atoms with Gasteiger partial charge in [0.05, 0.1) is 32.6 Å². The Morgan fingerprint density at radius 2 is 2.33 bits per heavy atom. The Hall–Kier alpha value is -1.83. The number of hydrogen-bond donors (Lipinski definition) is 1. The Morgan fingerprint density at radius 1 is 1.37 bits per heavy atom. The van der Waals surface area contributed by atoms with E-state index < -0.39 is 0 Å². The zero-order chi connectivity index (χ0) is 18.7. The van der Waals surface area contributed by atoms with E-state index in [2.05, 4.69) is 27.7 Å². The molecule has 1 N–H and O–H groups in total. The van der Waals surface area contributed by atoms with Crippen molar-refractivity contribution < 1.29 is 13.9 Å². The third-order valence-electron chi connectivity index (χ3n) is 4.57. The lowest BCUT2D eigenvalue weighted by molar-refractivity contribution is 0.0536. The van der Waals surface area contributed by atoms with Crippen molar-refractivity contribution in [2.24, 2.45) is 10.9 Å². The molecule has 3 rings (SSSR count). The zero-order valence-electron chi connectivity index (χ0n) is 15.9. The highest BCUT2D eigenvalue weighted by atomic mass is 32.1. The number of ether oxygens (including phenoxy) is 2. The van der Waals surface area contributed by atoms with E-state index >= 15 is 0 Å². The van der Waals surface area contributed by atoms with E-state index in [9.17, 15) is 0 Å². The smallest absolute Gasteiger partial charge is 0.194 e. The topological polar surface area (TPSA) is 59.2 Å². The molecule has 148 valence electrons. The average Bonchev–Trinajstić information content (AvgIpc) is 3.44. The second-order valence-corrected chi connectivity index (χ2v) is 7.68. The molecule has 1 saturated heterocycles. The fraction of sp³-hybridized carbons (Fsp3) is 0.550. The number of furan rings is 1. The molecule has 0 aliphatic carbocycles. The molecular formula is C20H29N3O3S. The number of hydrogen-bond acceptors (Lipinski definition) is 5. The van der Waals surface area contributed by atoms with Crippen molar-refractivity contribution in [3.63, 3.8) is 0 Å². The summed E-state index contributed by atoms with van der Waals surface area (Å²) in [6, 6.07) is 8.14. The highest BCUT2D eigenvalue weighted by Gasteiger charge is 2.25. The van der Waals surface area contributed by atoms with Crippen LogP contribution in [0, 0.1) is 5.92 Å². The first-order chi connectivity index (χ1) is 13.3. The number of aliphatic imine (C=N–C) groups is 1. The van der Waals surface area contributed by atoms with Crippen molar-refractivity contribution in [3.05, 3.63) is 46.5 Å². The molecule has 0 spiro atoms. The number of methoxy groups -OCH3 is 1. The van der Waals surface area contributed by atoms with Crippen LogP contribution in [0.25, 0.3) is 0 Å². The van der Waals surface area contributed by atoms with Gasteiger partial charge in [-0.1, -0.05) is 6.07 Å². The molecule has 1 unspecified atom stereocenters. The molecule has 0 aromatic carbocycles. The molecule has 1 atom stereocenters. The quantitative estimate of drug-likeness (QED) is 0.383. The standard InChI is InChI=1S/C20H29N3O3S/c1-24-11-12-25-16-17-7-9-23(15-17)20(22-14-19-5-3-13-27-19)21-8-6-18-4-2-10-26-18/h2-5,10,13,17H,6-9,11-12,14-16H2,1H3,(H,21,22). The van der Waals surface area contributed by atoms with E-state index in [1.807, 2.05) is 12.1 Å². The summed E-state index contributed by atoms with van der Waals surface area (Å²) in [5.41, 5.74) is 0. The highest BCUT2D eigenvalue weighted by Crippen LogP contribution is 2.17. The Balaban J connectivity index is 1.51. The van der Waals surface area contributed by atoms with Crippen LogP contribution in [0.1, 0.15) is 17.1 Å². The van der Waals surface area contributed by atoms with Gasteiger partial charge in [-0.05, 0) is 30.0 Å². The van der Waals surface area contributed by atoms with Crippen LogP contribution in [0.5, 0.6) is 0 Å². The number of nitrogens with zero attached hydrogens (tertiary/aromatic N) is 2. The van der Waals surface area contributed by atoms with Gasteiger partial charge in [0, 0.05) is 44.0 Å². The van der Waals surface area contributed by atoms with Gasteiger partial charge in [0.15, 0.2) is 5.96 Å². The largest absolute Gasteiger partial charge is 0.469 e. The van der Waals surface area contributed by atoms with Gasteiger partial charge in [0.1, 0.15) is 5.76 Å². The van der Waals surface area contributed by atoms with Gasteiger partial charge in [-0.25, -0.2) is 4.99 Å². The lowest BCUT2D eigenvalue weighted by Gasteiger charge is -2.22. The van der Waals surface area contributed by atoms with Crippen LogP contribution in [-0.2, 0) is 22.4 Å². The number of guanidine groups is 1. The molecule has 3 heterocycles. The zero-order valence-corrected chi connectivity index (χ0v) is 16.7. The first-order valence-corrected chi connectivity index (χ1v) is 10.4. The molecule has 6 nitrogen and oxygen atoms in total. The number of thiophene rings is 1. The fourth-order valence-corrected chi connectivity index (χ4v) is 3.76. The molecule has 2 aromatic rings. The molecule has 0 bridgehead atoms. The maximum absolute atomic E-state index is 5.71. The SMILES string of the molecule is COCCOCC1CCN(C(=NCc2cccs2)NCCc2ccco2)C1. The van der Waals surface area contributed by atoms with Crippen LogP contribution >= 0.6 is 11.3 Å². The third-order valence-corrected chi connectivity index (χ3v) is 5.43. The summed E-state index contributed by atoms with van der Waals surface area (Å²) < 4.78 is 16.2. The summed E-state index contributed by atoms with van der Waals surface area (Å²) in [6.07, 6.45) is 3.70. The first-order valence-electron chi connectivity index (χ1n) is 9.50. The molecule has 1 aliphatic heterocycles. The lowest BCUT2D eigenvalue weighted by atomic mass is 10.1. The Morgan fingerprint density at radius 3 is 3.11 bits per heavy atom. The van der Waals surface area contributed by atoms with E-state index in [0.29, 0.717) is 25.7 Å². The molecule has 1 fully saturated rings. The highest BCUT2D eigenvalue weighted by molar-refractivity contribution is 7.09. The van der Waals surface area contributed by atoms with Gasteiger partial charge in [0.25, 0.3) is 0 Å². The predicted molar refractivity (Wildman–Crippen MR) is 108 cm³/mol. The Kier molecular flexibility index (Phi) is 8.20. The minimum Gasteiger partial charge on any atom is -0.469 e. The fourth-order valence-electron chi connectivity index (χ4n) is 3.13. The van der Waals surface area contributed by atoms with Crippen LogP contribution in [0.15, 0.2) is 45.3 Å². The Bertz CT molecular complexity index is 658. The second kappa shape index (κ2) is 11.1. The summed E-state index contributed by atoms with van der Waals surface area (Å²) >= 11 is 1.75. The molecule has 0 radical (unpaired) electrons. The second-order valence-electron chi connectivity index (χ2n) is 6.64. The summed E-state index contributed by atoms with van der Waals surface area (Å²) in [7, 11) is 1.70. The minimum atomic E-state index is 0.542. The predicted octanol–water partition coefficient (Wildman–Crippen LogP) is 3.01. The van der Waals surface area contributed by atoms with Gasteiger partial charge < -0.3 is 24.1 Å². The number of likely N-dealkylation sites (tertiary alicyclic amines) is 1. The van der Waals surface area contributed by atoms with E-state index in [-0.39, 0.29) is 0 Å². The summed E-state index contributed by atoms with van der Waals surface area (Å²) in [5, 5.41) is 5.61. The van der Waals surface area contributed by atoms with Crippen LogP contribution in [-0.4, -0.2) is 57.4 Å². The van der Waals surface area contributed by atoms with Crippen molar-refractivity contribution in [1.82, 2.24) is 10.2 Å². The maximum atomic E-state index is 5.71. The number of nitrogens with one attached hydrogen (secondary N) is 1. The molecule has 27 heavy (non-hydrogen) atoms. The van der Waals surface area contributed by atoms with Crippen molar-refractivity contribution in [1.29, 1.82) is 0 Å². The van der Waals surface area contributed by atoms with E-state index in [0.717, 1.165) is 50.8 Å². The lowest BCUT2D eigenvalue weighted by Crippen LogP contribution is -2.41. The van der Waals surface area contributed by atoms with Gasteiger partial charge in [-0.15, -0.1) is 11.3 Å². The minimum absolute atomic E-state index is 0.542. The van der Waals surface area contributed by atoms with Crippen molar-refractivity contribution in [2.75, 3.05) is 46.6 Å². The van der Waals surface area contributed by atoms with E-state index in [1.54, 1.807) is 24.7 Å². The molecular weight excluding hydrogens is 362 g/mol. The van der Waals surface area contributed by atoms with E-state index in [1.165, 1.54) is 4.88 Å². The third kappa shape index (κ3) is 6.68. The monoisotopic (exact) mass is 391 g/mol. The summed E-state index contributed by atoms with van der Waals surface area (Å²) in [6.45, 7) is 5.60. The molecule has 7 heteroatoms. The molecule has 0 saturated carbocycles. The van der Waals surface area contributed by atoms with E-state index in [4.69, 9.17) is 18.9 Å². The van der Waals surface area contributed by atoms with Crippen molar-refractivity contribution in [2.45, 2.75) is 19.4 Å². The Labute approximate surface area is 165 Å². The summed E-state index contributed by atoms with van der Waals surface area (Å²) in [5.74, 6) is 2.51. The van der Waals surface area contributed by atoms with Gasteiger partial charge in [-0.3, -0.25) is 0 Å². The van der Waals surface area contributed by atoms with Crippen LogP contribution < -0.4 is 5.32 Å². The normalized spacial score (nSPS) is 17.6. The molecule has 0 amide bonds. The first kappa shape index (κ1) is 19.9. The van der Waals surface area contributed by atoms with Crippen molar-refractivity contribution >= 4 is 17.3 Å². The molecule has 1 aliphatic rings. The van der Waals surface area contributed by atoms with Gasteiger partial charge in [-0.2, -0.15) is 0 Å². The van der Waals surface area contributed by atoms with Crippen LogP contribution in [0.4, 0.5) is 0 Å². The molecule has 2 aromatic heterocycles. The summed E-state index contributed by atoms with van der Waals surface area (Å²) in [4.78, 5) is 8.49. The van der Waals surface area contributed by atoms with Crippen molar-refractivity contribution in [3.8, 4) is 0 Å². The van der Waals surface area contributed by atoms with Crippen LogP contribution in [0.3, 0.4) is 0 Å². The average molecular weight is 392 g/mol. The van der Waals surface area contributed by atoms with Gasteiger partial charge in [0.2, 0.25) is 0 Å². The van der Waals surface area contributed by atoms with Gasteiger partial charge >= 0.3 is 0 Å². The van der Waals surface area contributed by atoms with Crippen LogP contribution in [0.2, 0.25) is 0 Å². The maximum Gasteiger partial charge on any atom is 0.194 e. The number of rotatable bonds is 10.